The molecule has 0 aromatic carbocycles. The summed E-state index contributed by atoms with van der Waals surface area (Å²) in [6, 6.07) is -0.664. The molecule has 1 aromatic rings. The smallest absolute Gasteiger partial charge is 0.329 e. The number of aromatic amines is 1. The molecule has 0 unspecified atom stereocenters. The van der Waals surface area contributed by atoms with Crippen LogP contribution in [0.3, 0.4) is 0 Å². The van der Waals surface area contributed by atoms with Crippen molar-refractivity contribution in [3.63, 3.8) is 0 Å². The van der Waals surface area contributed by atoms with E-state index in [0.29, 0.717) is 19.4 Å². The van der Waals surface area contributed by atoms with Gasteiger partial charge in [-0.25, -0.2) is 9.78 Å². The summed E-state index contributed by atoms with van der Waals surface area (Å²) >= 11 is 0. The molecule has 0 spiro atoms. The van der Waals surface area contributed by atoms with Gasteiger partial charge in [0.2, 0.25) is 6.41 Å². The van der Waals surface area contributed by atoms with Gasteiger partial charge in [-0.05, 0) is 6.92 Å². The zero-order valence-corrected chi connectivity index (χ0v) is 8.40. The highest BCUT2D eigenvalue weighted by atomic mass is 16.5. The third kappa shape index (κ3) is 3.41. The predicted octanol–water partition coefficient (Wildman–Crippen LogP) is -0.370. The number of esters is 1. The van der Waals surface area contributed by atoms with Crippen LogP contribution in [0.4, 0.5) is 0 Å². The Balaban J connectivity index is 2.57. The molecule has 1 amide bonds. The predicted molar refractivity (Wildman–Crippen MR) is 51.9 cm³/mol. The Morgan fingerprint density at radius 1 is 1.80 bits per heavy atom. The molecule has 0 saturated heterocycles. The Labute approximate surface area is 87.0 Å². The highest BCUT2D eigenvalue weighted by Crippen LogP contribution is 2.00. The Morgan fingerprint density at radius 3 is 3.13 bits per heavy atom. The monoisotopic (exact) mass is 211 g/mol. The first kappa shape index (κ1) is 11.2. The maximum atomic E-state index is 11.4. The van der Waals surface area contributed by atoms with Gasteiger partial charge in [-0.3, -0.25) is 4.79 Å². The van der Waals surface area contributed by atoms with Gasteiger partial charge in [0, 0.05) is 18.3 Å². The van der Waals surface area contributed by atoms with E-state index in [1.165, 1.54) is 6.33 Å². The van der Waals surface area contributed by atoms with Gasteiger partial charge in [0.15, 0.2) is 0 Å². The zero-order chi connectivity index (χ0) is 11.1. The number of rotatable bonds is 6. The molecular weight excluding hydrogens is 198 g/mol. The summed E-state index contributed by atoms with van der Waals surface area (Å²) < 4.78 is 4.81. The van der Waals surface area contributed by atoms with Crippen molar-refractivity contribution < 1.29 is 14.3 Å². The van der Waals surface area contributed by atoms with Gasteiger partial charge in [0.1, 0.15) is 6.04 Å². The lowest BCUT2D eigenvalue weighted by atomic mass is 10.2. The van der Waals surface area contributed by atoms with Crippen molar-refractivity contribution in [2.24, 2.45) is 0 Å². The fourth-order valence-corrected chi connectivity index (χ4v) is 1.15. The molecular formula is C9H13N3O3. The van der Waals surface area contributed by atoms with Crippen molar-refractivity contribution in [3.8, 4) is 0 Å². The molecule has 82 valence electrons. The molecule has 0 saturated carbocycles. The highest BCUT2D eigenvalue weighted by molar-refractivity contribution is 5.78. The number of aromatic nitrogens is 2. The molecule has 1 heterocycles. The average molecular weight is 211 g/mol. The van der Waals surface area contributed by atoms with E-state index in [-0.39, 0.29) is 0 Å². The summed E-state index contributed by atoms with van der Waals surface area (Å²) in [5.74, 6) is -0.445. The lowest BCUT2D eigenvalue weighted by Crippen LogP contribution is -2.39. The number of nitrogens with one attached hydrogen (secondary N) is 2. The van der Waals surface area contributed by atoms with E-state index in [1.807, 2.05) is 0 Å². The summed E-state index contributed by atoms with van der Waals surface area (Å²) in [6.45, 7) is 2.00. The Bertz CT molecular complexity index is 310. The molecule has 0 aliphatic heterocycles. The molecule has 2 N–H and O–H groups in total. The third-order valence-corrected chi connectivity index (χ3v) is 1.82. The molecule has 0 bridgehead atoms. The maximum Gasteiger partial charge on any atom is 0.329 e. The summed E-state index contributed by atoms with van der Waals surface area (Å²) in [5, 5.41) is 2.40. The van der Waals surface area contributed by atoms with Crippen LogP contribution in [0.5, 0.6) is 0 Å². The molecule has 0 fully saturated rings. The van der Waals surface area contributed by atoms with Crippen LogP contribution < -0.4 is 5.32 Å². The minimum atomic E-state index is -0.664. The molecule has 6 nitrogen and oxygen atoms in total. The number of hydrogen-bond acceptors (Lipinski definition) is 4. The van der Waals surface area contributed by atoms with Crippen molar-refractivity contribution >= 4 is 12.4 Å². The standard InChI is InChI=1S/C9H13N3O3/c1-2-15-9(14)8(12-6-13)3-7-4-10-5-11-7/h4-6,8H,2-3H2,1H3,(H,10,11)(H,12,13)/t8-/m0/s1. The topological polar surface area (TPSA) is 84.1 Å². The van der Waals surface area contributed by atoms with E-state index in [0.717, 1.165) is 5.69 Å². The summed E-state index contributed by atoms with van der Waals surface area (Å²) in [7, 11) is 0. The van der Waals surface area contributed by atoms with Gasteiger partial charge in [0.05, 0.1) is 12.9 Å². The van der Waals surface area contributed by atoms with Gasteiger partial charge < -0.3 is 15.0 Å². The Hall–Kier alpha value is -1.85. The Morgan fingerprint density at radius 2 is 2.60 bits per heavy atom. The van der Waals surface area contributed by atoms with E-state index < -0.39 is 12.0 Å². The number of carbonyl (C=O) groups is 2. The van der Waals surface area contributed by atoms with Crippen LogP contribution >= 0.6 is 0 Å². The quantitative estimate of drug-likeness (QED) is 0.496. The molecule has 0 radical (unpaired) electrons. The van der Waals surface area contributed by atoms with Crippen molar-refractivity contribution in [1.82, 2.24) is 15.3 Å². The van der Waals surface area contributed by atoms with Gasteiger partial charge in [-0.15, -0.1) is 0 Å². The summed E-state index contributed by atoms with van der Waals surface area (Å²) in [6.07, 6.45) is 3.94. The number of H-pyrrole nitrogens is 1. The van der Waals surface area contributed by atoms with Crippen LogP contribution in [0, 0.1) is 0 Å². The first-order chi connectivity index (χ1) is 7.27. The van der Waals surface area contributed by atoms with E-state index >= 15 is 0 Å². The second kappa shape index (κ2) is 5.79. The van der Waals surface area contributed by atoms with E-state index in [1.54, 1.807) is 13.1 Å². The first-order valence-electron chi connectivity index (χ1n) is 4.61. The Kier molecular flexibility index (Phi) is 4.33. The summed E-state index contributed by atoms with van der Waals surface area (Å²) in [5.41, 5.74) is 0.766. The lowest BCUT2D eigenvalue weighted by Gasteiger charge is -2.13. The fourth-order valence-electron chi connectivity index (χ4n) is 1.15. The van der Waals surface area contributed by atoms with Gasteiger partial charge in [-0.2, -0.15) is 0 Å². The van der Waals surface area contributed by atoms with Crippen LogP contribution in [0.15, 0.2) is 12.5 Å². The molecule has 0 aliphatic rings. The number of amides is 1. The van der Waals surface area contributed by atoms with E-state index in [4.69, 9.17) is 4.74 Å². The van der Waals surface area contributed by atoms with Crippen LogP contribution in [-0.4, -0.2) is 35.0 Å². The average Bonchev–Trinajstić information content (AvgIpc) is 2.70. The van der Waals surface area contributed by atoms with Crippen molar-refractivity contribution in [3.05, 3.63) is 18.2 Å². The summed E-state index contributed by atoms with van der Waals surface area (Å²) in [4.78, 5) is 28.4. The van der Waals surface area contributed by atoms with Crippen LogP contribution in [0.25, 0.3) is 0 Å². The first-order valence-corrected chi connectivity index (χ1v) is 4.61. The molecule has 1 rings (SSSR count). The molecule has 0 aliphatic carbocycles. The second-order valence-electron chi connectivity index (χ2n) is 2.87. The largest absolute Gasteiger partial charge is 0.464 e. The molecule has 1 atom stereocenters. The number of nitrogens with zero attached hydrogens (tertiary/aromatic N) is 1. The van der Waals surface area contributed by atoms with E-state index in [2.05, 4.69) is 15.3 Å². The van der Waals surface area contributed by atoms with Crippen molar-refractivity contribution in [1.29, 1.82) is 0 Å². The number of imidazole rings is 1. The van der Waals surface area contributed by atoms with Gasteiger partial charge in [0.25, 0.3) is 0 Å². The fraction of sp³-hybridized carbons (Fsp3) is 0.444. The lowest BCUT2D eigenvalue weighted by molar-refractivity contribution is -0.146. The molecule has 15 heavy (non-hydrogen) atoms. The third-order valence-electron chi connectivity index (χ3n) is 1.82. The minimum Gasteiger partial charge on any atom is -0.464 e. The minimum absolute atomic E-state index is 0.291. The molecule has 1 aromatic heterocycles. The number of ether oxygens (including phenoxy) is 1. The second-order valence-corrected chi connectivity index (χ2v) is 2.87. The van der Waals surface area contributed by atoms with Crippen LogP contribution in [-0.2, 0) is 20.7 Å². The van der Waals surface area contributed by atoms with Gasteiger partial charge >= 0.3 is 5.97 Å². The number of hydrogen-bond donors (Lipinski definition) is 2. The van der Waals surface area contributed by atoms with Crippen LogP contribution in [0.1, 0.15) is 12.6 Å². The van der Waals surface area contributed by atoms with E-state index in [9.17, 15) is 9.59 Å². The number of carbonyl (C=O) groups excluding carboxylic acids is 2. The van der Waals surface area contributed by atoms with Gasteiger partial charge in [-0.1, -0.05) is 0 Å². The van der Waals surface area contributed by atoms with Crippen molar-refractivity contribution in [2.75, 3.05) is 6.61 Å². The molecule has 6 heteroatoms. The highest BCUT2D eigenvalue weighted by Gasteiger charge is 2.19. The normalized spacial score (nSPS) is 11.8. The maximum absolute atomic E-state index is 11.4. The van der Waals surface area contributed by atoms with Crippen molar-refractivity contribution in [2.45, 2.75) is 19.4 Å². The SMILES string of the molecule is CCOC(=O)[C@H](Cc1cnc[nH]1)NC=O. The zero-order valence-electron chi connectivity index (χ0n) is 8.40. The van der Waals surface area contributed by atoms with Crippen LogP contribution in [0.2, 0.25) is 0 Å².